The summed E-state index contributed by atoms with van der Waals surface area (Å²) in [6.07, 6.45) is 1.86. The second-order valence-corrected chi connectivity index (χ2v) is 6.78. The zero-order chi connectivity index (χ0) is 19.2. The highest BCUT2D eigenvalue weighted by molar-refractivity contribution is 7.99. The highest BCUT2D eigenvalue weighted by atomic mass is 32.2. The molecule has 1 amide bonds. The van der Waals surface area contributed by atoms with Gasteiger partial charge < -0.3 is 9.67 Å². The molecule has 0 saturated heterocycles. The standard InChI is InChI=1S/C20H22N4O2S/c1-3-16(14-9-11-15(25)12-10-14)22-23-19(26)13-27-20-21-17-7-5-6-8-18(17)24(20)4-2/h3,5-12,22,25H,4,13H2,1-2H3,(H,23,26). The minimum absolute atomic E-state index is 0.146. The van der Waals surface area contributed by atoms with Crippen molar-refractivity contribution < 1.29 is 9.90 Å². The van der Waals surface area contributed by atoms with E-state index < -0.39 is 0 Å². The van der Waals surface area contributed by atoms with Gasteiger partial charge in [-0.1, -0.05) is 30.0 Å². The fraction of sp³-hybridized carbons (Fsp3) is 0.200. The summed E-state index contributed by atoms with van der Waals surface area (Å²) in [6.45, 7) is 4.74. The third-order valence-electron chi connectivity index (χ3n) is 4.07. The molecule has 0 saturated carbocycles. The number of hydrogen-bond donors (Lipinski definition) is 3. The van der Waals surface area contributed by atoms with Crippen LogP contribution in [0.5, 0.6) is 5.75 Å². The molecule has 0 spiro atoms. The molecule has 140 valence electrons. The van der Waals surface area contributed by atoms with Crippen LogP contribution in [-0.2, 0) is 11.3 Å². The highest BCUT2D eigenvalue weighted by Crippen LogP contribution is 2.23. The van der Waals surface area contributed by atoms with Crippen molar-refractivity contribution in [1.29, 1.82) is 0 Å². The molecule has 3 aromatic rings. The van der Waals surface area contributed by atoms with Crippen LogP contribution >= 0.6 is 11.8 Å². The monoisotopic (exact) mass is 382 g/mol. The Bertz CT molecular complexity index is 964. The number of thioether (sulfide) groups is 1. The summed E-state index contributed by atoms with van der Waals surface area (Å²) in [6, 6.07) is 14.7. The molecule has 3 N–H and O–H groups in total. The number of aromatic hydroxyl groups is 1. The number of benzene rings is 2. The number of aryl methyl sites for hydroxylation is 1. The number of allylic oxidation sites excluding steroid dienone is 1. The number of hydrazine groups is 1. The molecule has 27 heavy (non-hydrogen) atoms. The SMILES string of the molecule is CC=C(NNC(=O)CSc1nc2ccccc2n1CC)c1ccc(O)cc1. The third kappa shape index (κ3) is 4.43. The predicted octanol–water partition coefficient (Wildman–Crippen LogP) is 3.54. The van der Waals surface area contributed by atoms with Crippen LogP contribution in [0.15, 0.2) is 59.8 Å². The van der Waals surface area contributed by atoms with Crippen LogP contribution in [0.25, 0.3) is 16.7 Å². The van der Waals surface area contributed by atoms with Gasteiger partial charge >= 0.3 is 0 Å². The Morgan fingerprint density at radius 2 is 1.93 bits per heavy atom. The van der Waals surface area contributed by atoms with E-state index in [2.05, 4.69) is 27.3 Å². The number of nitrogens with zero attached hydrogens (tertiary/aromatic N) is 2. The fourth-order valence-corrected chi connectivity index (χ4v) is 3.60. The maximum absolute atomic E-state index is 12.2. The lowest BCUT2D eigenvalue weighted by atomic mass is 10.1. The lowest BCUT2D eigenvalue weighted by Crippen LogP contribution is -2.37. The number of phenolic OH excluding ortho intramolecular Hbond substituents is 1. The van der Waals surface area contributed by atoms with Gasteiger partial charge in [0, 0.05) is 6.54 Å². The Labute approximate surface area is 162 Å². The summed E-state index contributed by atoms with van der Waals surface area (Å²) < 4.78 is 2.11. The average Bonchev–Trinajstić information content (AvgIpc) is 3.05. The van der Waals surface area contributed by atoms with Crippen molar-refractivity contribution in [3.8, 4) is 5.75 Å². The van der Waals surface area contributed by atoms with Crippen LogP contribution in [0, 0.1) is 0 Å². The van der Waals surface area contributed by atoms with Crippen LogP contribution in [0.1, 0.15) is 19.4 Å². The second kappa shape index (κ2) is 8.64. The van der Waals surface area contributed by atoms with Crippen molar-refractivity contribution in [2.24, 2.45) is 0 Å². The molecule has 0 atom stereocenters. The highest BCUT2D eigenvalue weighted by Gasteiger charge is 2.12. The zero-order valence-electron chi connectivity index (χ0n) is 15.3. The molecule has 7 heteroatoms. The molecule has 2 aromatic carbocycles. The number of carbonyl (C=O) groups is 1. The quantitative estimate of drug-likeness (QED) is 0.430. The van der Waals surface area contributed by atoms with Crippen molar-refractivity contribution in [2.45, 2.75) is 25.5 Å². The number of hydrogen-bond acceptors (Lipinski definition) is 5. The van der Waals surface area contributed by atoms with Gasteiger partial charge in [0.25, 0.3) is 0 Å². The van der Waals surface area contributed by atoms with Crippen molar-refractivity contribution in [2.75, 3.05) is 5.75 Å². The first-order valence-corrected chi connectivity index (χ1v) is 9.69. The number of amides is 1. The molecule has 0 aliphatic rings. The largest absolute Gasteiger partial charge is 0.508 e. The van der Waals surface area contributed by atoms with E-state index in [9.17, 15) is 9.90 Å². The fourth-order valence-electron chi connectivity index (χ4n) is 2.72. The Hall–Kier alpha value is -2.93. The van der Waals surface area contributed by atoms with Crippen molar-refractivity contribution in [3.63, 3.8) is 0 Å². The van der Waals surface area contributed by atoms with E-state index in [1.54, 1.807) is 24.3 Å². The molecule has 6 nitrogen and oxygen atoms in total. The minimum atomic E-state index is -0.146. The van der Waals surface area contributed by atoms with Gasteiger partial charge in [0.05, 0.1) is 22.5 Å². The van der Waals surface area contributed by atoms with Crippen LogP contribution < -0.4 is 10.9 Å². The number of rotatable bonds is 7. The number of nitrogens with one attached hydrogen (secondary N) is 2. The first kappa shape index (κ1) is 18.8. The van der Waals surface area contributed by atoms with Crippen LogP contribution in [-0.4, -0.2) is 26.3 Å². The zero-order valence-corrected chi connectivity index (χ0v) is 16.1. The van der Waals surface area contributed by atoms with Gasteiger partial charge in [-0.05, 0) is 55.8 Å². The van der Waals surface area contributed by atoms with E-state index in [-0.39, 0.29) is 17.4 Å². The molecule has 1 aromatic heterocycles. The first-order chi connectivity index (χ1) is 13.1. The number of para-hydroxylation sites is 2. The lowest BCUT2D eigenvalue weighted by molar-refractivity contribution is -0.119. The first-order valence-electron chi connectivity index (χ1n) is 8.71. The molecule has 0 unspecified atom stereocenters. The Balaban J connectivity index is 1.59. The number of carbonyl (C=O) groups excluding carboxylic acids is 1. The molecule has 0 aliphatic heterocycles. The Morgan fingerprint density at radius 3 is 2.63 bits per heavy atom. The van der Waals surface area contributed by atoms with Crippen LogP contribution in [0.2, 0.25) is 0 Å². The van der Waals surface area contributed by atoms with Gasteiger partial charge in [-0.3, -0.25) is 15.6 Å². The van der Waals surface area contributed by atoms with Crippen LogP contribution in [0.4, 0.5) is 0 Å². The van der Waals surface area contributed by atoms with E-state index in [4.69, 9.17) is 0 Å². The second-order valence-electron chi connectivity index (χ2n) is 5.84. The molecule has 1 heterocycles. The van der Waals surface area contributed by atoms with Crippen molar-refractivity contribution in [1.82, 2.24) is 20.4 Å². The minimum Gasteiger partial charge on any atom is -0.508 e. The molecule has 0 fully saturated rings. The summed E-state index contributed by atoms with van der Waals surface area (Å²) >= 11 is 1.41. The smallest absolute Gasteiger partial charge is 0.248 e. The maximum Gasteiger partial charge on any atom is 0.248 e. The van der Waals surface area contributed by atoms with Crippen LogP contribution in [0.3, 0.4) is 0 Å². The lowest BCUT2D eigenvalue weighted by Gasteiger charge is -2.12. The topological polar surface area (TPSA) is 79.2 Å². The molecule has 0 radical (unpaired) electrons. The number of phenols is 1. The summed E-state index contributed by atoms with van der Waals surface area (Å²) in [5.74, 6) is 0.310. The summed E-state index contributed by atoms with van der Waals surface area (Å²) in [5.41, 5.74) is 9.28. The summed E-state index contributed by atoms with van der Waals surface area (Å²) in [7, 11) is 0. The van der Waals surface area contributed by atoms with Gasteiger partial charge in [0.15, 0.2) is 5.16 Å². The van der Waals surface area contributed by atoms with E-state index in [0.29, 0.717) is 0 Å². The van der Waals surface area contributed by atoms with E-state index >= 15 is 0 Å². The number of aromatic nitrogens is 2. The summed E-state index contributed by atoms with van der Waals surface area (Å²) in [5, 5.41) is 10.2. The van der Waals surface area contributed by atoms with Crippen molar-refractivity contribution >= 4 is 34.4 Å². The maximum atomic E-state index is 12.2. The van der Waals surface area contributed by atoms with Gasteiger partial charge in [-0.25, -0.2) is 4.98 Å². The van der Waals surface area contributed by atoms with Gasteiger partial charge in [-0.2, -0.15) is 0 Å². The normalized spacial score (nSPS) is 11.6. The molecule has 0 aliphatic carbocycles. The molecule has 0 bridgehead atoms. The van der Waals surface area contributed by atoms with Gasteiger partial charge in [0.2, 0.25) is 5.91 Å². The molecular weight excluding hydrogens is 360 g/mol. The summed E-state index contributed by atoms with van der Waals surface area (Å²) in [4.78, 5) is 16.9. The molecule has 3 rings (SSSR count). The predicted molar refractivity (Wildman–Crippen MR) is 109 cm³/mol. The van der Waals surface area contributed by atoms with Gasteiger partial charge in [-0.15, -0.1) is 0 Å². The van der Waals surface area contributed by atoms with E-state index in [1.165, 1.54) is 11.8 Å². The van der Waals surface area contributed by atoms with E-state index in [1.807, 2.05) is 37.3 Å². The van der Waals surface area contributed by atoms with E-state index in [0.717, 1.165) is 34.0 Å². The third-order valence-corrected chi connectivity index (χ3v) is 5.05. The Morgan fingerprint density at radius 1 is 1.19 bits per heavy atom. The Kier molecular flexibility index (Phi) is 6.03. The van der Waals surface area contributed by atoms with Crippen molar-refractivity contribution in [3.05, 3.63) is 60.2 Å². The number of imidazole rings is 1. The van der Waals surface area contributed by atoms with Gasteiger partial charge in [0.1, 0.15) is 5.75 Å². The average molecular weight is 382 g/mol. The molecular formula is C20H22N4O2S. The number of fused-ring (bicyclic) bond motifs is 1.